The van der Waals surface area contributed by atoms with Crippen molar-refractivity contribution in [2.45, 2.75) is 30.6 Å². The summed E-state index contributed by atoms with van der Waals surface area (Å²) in [6.07, 6.45) is 0. The van der Waals surface area contributed by atoms with Gasteiger partial charge in [-0.15, -0.1) is 0 Å². The molecule has 0 radical (unpaired) electrons. The van der Waals surface area contributed by atoms with Gasteiger partial charge in [-0.25, -0.2) is 0 Å². The molecule has 98 valence electrons. The van der Waals surface area contributed by atoms with E-state index < -0.39 is 0 Å². The van der Waals surface area contributed by atoms with E-state index in [2.05, 4.69) is 37.4 Å². The SMILES string of the molecule is CC(=O)Nc1ccc(Sc2c(C)cccc2C)cc1. The van der Waals surface area contributed by atoms with E-state index >= 15 is 0 Å². The smallest absolute Gasteiger partial charge is 0.221 e. The molecule has 0 aliphatic rings. The molecule has 0 fully saturated rings. The number of nitrogens with one attached hydrogen (secondary N) is 1. The van der Waals surface area contributed by atoms with Gasteiger partial charge in [0.1, 0.15) is 0 Å². The van der Waals surface area contributed by atoms with Crippen molar-refractivity contribution in [3.8, 4) is 0 Å². The molecular weight excluding hydrogens is 254 g/mol. The van der Waals surface area contributed by atoms with Crippen molar-refractivity contribution in [2.75, 3.05) is 5.32 Å². The predicted molar refractivity (Wildman–Crippen MR) is 80.8 cm³/mol. The van der Waals surface area contributed by atoms with E-state index in [1.54, 1.807) is 11.8 Å². The minimum Gasteiger partial charge on any atom is -0.326 e. The van der Waals surface area contributed by atoms with Crippen LogP contribution in [0.1, 0.15) is 18.1 Å². The topological polar surface area (TPSA) is 29.1 Å². The lowest BCUT2D eigenvalue weighted by atomic mass is 10.2. The van der Waals surface area contributed by atoms with E-state index in [1.165, 1.54) is 27.8 Å². The number of amides is 1. The Kier molecular flexibility index (Phi) is 4.27. The van der Waals surface area contributed by atoms with Crippen LogP contribution in [0.15, 0.2) is 52.3 Å². The Labute approximate surface area is 118 Å². The van der Waals surface area contributed by atoms with Gasteiger partial charge < -0.3 is 5.32 Å². The predicted octanol–water partition coefficient (Wildman–Crippen LogP) is 4.41. The molecule has 2 aromatic carbocycles. The Morgan fingerprint density at radius 2 is 1.58 bits per heavy atom. The summed E-state index contributed by atoms with van der Waals surface area (Å²) < 4.78 is 0. The maximum Gasteiger partial charge on any atom is 0.221 e. The summed E-state index contributed by atoms with van der Waals surface area (Å²) >= 11 is 1.76. The van der Waals surface area contributed by atoms with Crippen molar-refractivity contribution in [3.63, 3.8) is 0 Å². The van der Waals surface area contributed by atoms with Crippen molar-refractivity contribution in [1.82, 2.24) is 0 Å². The zero-order valence-corrected chi connectivity index (χ0v) is 12.2. The zero-order chi connectivity index (χ0) is 13.8. The number of carbonyl (C=O) groups excluding carboxylic acids is 1. The minimum absolute atomic E-state index is 0.0462. The number of aryl methyl sites for hydroxylation is 2. The van der Waals surface area contributed by atoms with E-state index in [-0.39, 0.29) is 5.91 Å². The number of rotatable bonds is 3. The lowest BCUT2D eigenvalue weighted by molar-refractivity contribution is -0.114. The van der Waals surface area contributed by atoms with Gasteiger partial charge >= 0.3 is 0 Å². The van der Waals surface area contributed by atoms with Gasteiger partial charge in [0, 0.05) is 22.4 Å². The molecule has 0 atom stereocenters. The second kappa shape index (κ2) is 5.93. The van der Waals surface area contributed by atoms with E-state index in [4.69, 9.17) is 0 Å². The first-order chi connectivity index (χ1) is 9.06. The van der Waals surface area contributed by atoms with Gasteiger partial charge in [0.05, 0.1) is 0 Å². The molecule has 3 heteroatoms. The first kappa shape index (κ1) is 13.7. The molecule has 0 heterocycles. The van der Waals surface area contributed by atoms with Crippen LogP contribution >= 0.6 is 11.8 Å². The monoisotopic (exact) mass is 271 g/mol. The van der Waals surface area contributed by atoms with Crippen molar-refractivity contribution >= 4 is 23.4 Å². The lowest BCUT2D eigenvalue weighted by Gasteiger charge is -2.09. The largest absolute Gasteiger partial charge is 0.326 e. The molecule has 0 aromatic heterocycles. The fourth-order valence-electron chi connectivity index (χ4n) is 1.89. The van der Waals surface area contributed by atoms with Gasteiger partial charge in [0.15, 0.2) is 0 Å². The van der Waals surface area contributed by atoms with Crippen LogP contribution in [0.5, 0.6) is 0 Å². The van der Waals surface area contributed by atoms with E-state index in [9.17, 15) is 4.79 Å². The van der Waals surface area contributed by atoms with Gasteiger partial charge in [0.25, 0.3) is 0 Å². The van der Waals surface area contributed by atoms with Crippen molar-refractivity contribution in [2.24, 2.45) is 0 Å². The third kappa shape index (κ3) is 3.61. The summed E-state index contributed by atoms with van der Waals surface area (Å²) in [4.78, 5) is 13.4. The normalized spacial score (nSPS) is 10.3. The molecule has 0 spiro atoms. The quantitative estimate of drug-likeness (QED) is 0.895. The maximum absolute atomic E-state index is 11.0. The van der Waals surface area contributed by atoms with E-state index in [0.29, 0.717) is 0 Å². The zero-order valence-electron chi connectivity index (χ0n) is 11.4. The molecule has 0 saturated heterocycles. The second-order valence-corrected chi connectivity index (χ2v) is 5.61. The van der Waals surface area contributed by atoms with Crippen LogP contribution in [-0.4, -0.2) is 5.91 Å². The molecule has 0 aliphatic carbocycles. The Morgan fingerprint density at radius 3 is 2.11 bits per heavy atom. The molecular formula is C16H17NOS. The molecule has 2 rings (SSSR count). The van der Waals surface area contributed by atoms with Gasteiger partial charge in [0.2, 0.25) is 5.91 Å². The Hall–Kier alpha value is -1.74. The molecule has 2 aromatic rings. The average molecular weight is 271 g/mol. The van der Waals surface area contributed by atoms with Crippen LogP contribution in [0.25, 0.3) is 0 Å². The van der Waals surface area contributed by atoms with Crippen molar-refractivity contribution in [3.05, 3.63) is 53.6 Å². The van der Waals surface area contributed by atoms with Crippen molar-refractivity contribution in [1.29, 1.82) is 0 Å². The van der Waals surface area contributed by atoms with Crippen LogP contribution in [0, 0.1) is 13.8 Å². The molecule has 1 amide bonds. The highest BCUT2D eigenvalue weighted by molar-refractivity contribution is 7.99. The highest BCUT2D eigenvalue weighted by atomic mass is 32.2. The Morgan fingerprint density at radius 1 is 1.00 bits per heavy atom. The first-order valence-corrected chi connectivity index (χ1v) is 6.99. The standard InChI is InChI=1S/C16H17NOS/c1-11-5-4-6-12(2)16(11)19-15-9-7-14(8-10-15)17-13(3)18/h4-10H,1-3H3,(H,17,18). The molecule has 0 saturated carbocycles. The Balaban J connectivity index is 2.18. The number of benzene rings is 2. The second-order valence-electron chi connectivity index (χ2n) is 4.53. The third-order valence-corrected chi connectivity index (χ3v) is 4.16. The summed E-state index contributed by atoms with van der Waals surface area (Å²) in [5, 5.41) is 2.77. The number of hydrogen-bond acceptors (Lipinski definition) is 2. The maximum atomic E-state index is 11.0. The van der Waals surface area contributed by atoms with Gasteiger partial charge in [-0.3, -0.25) is 4.79 Å². The van der Waals surface area contributed by atoms with Crippen LogP contribution in [0.3, 0.4) is 0 Å². The first-order valence-electron chi connectivity index (χ1n) is 6.18. The highest BCUT2D eigenvalue weighted by Crippen LogP contribution is 2.33. The Bertz CT molecular complexity index is 570. The molecule has 0 unspecified atom stereocenters. The fourth-order valence-corrected chi connectivity index (χ4v) is 2.85. The molecule has 0 bridgehead atoms. The average Bonchev–Trinajstić information content (AvgIpc) is 2.35. The van der Waals surface area contributed by atoms with Gasteiger partial charge in [-0.2, -0.15) is 0 Å². The van der Waals surface area contributed by atoms with Crippen LogP contribution in [0.4, 0.5) is 5.69 Å². The summed E-state index contributed by atoms with van der Waals surface area (Å²) in [5.41, 5.74) is 3.41. The van der Waals surface area contributed by atoms with E-state index in [1.807, 2.05) is 24.3 Å². The molecule has 0 aliphatic heterocycles. The number of carbonyl (C=O) groups is 1. The minimum atomic E-state index is -0.0462. The molecule has 2 nitrogen and oxygen atoms in total. The van der Waals surface area contributed by atoms with Crippen LogP contribution < -0.4 is 5.32 Å². The molecule has 1 N–H and O–H groups in total. The van der Waals surface area contributed by atoms with E-state index in [0.717, 1.165) is 5.69 Å². The summed E-state index contributed by atoms with van der Waals surface area (Å²) in [6, 6.07) is 14.2. The van der Waals surface area contributed by atoms with Crippen LogP contribution in [0.2, 0.25) is 0 Å². The summed E-state index contributed by atoms with van der Waals surface area (Å²) in [7, 11) is 0. The summed E-state index contributed by atoms with van der Waals surface area (Å²) in [6.45, 7) is 5.77. The van der Waals surface area contributed by atoms with Crippen molar-refractivity contribution < 1.29 is 4.79 Å². The fraction of sp³-hybridized carbons (Fsp3) is 0.188. The number of hydrogen-bond donors (Lipinski definition) is 1. The number of anilines is 1. The lowest BCUT2D eigenvalue weighted by Crippen LogP contribution is -2.05. The van der Waals surface area contributed by atoms with Crippen LogP contribution in [-0.2, 0) is 4.79 Å². The van der Waals surface area contributed by atoms with Gasteiger partial charge in [-0.05, 0) is 49.2 Å². The highest BCUT2D eigenvalue weighted by Gasteiger charge is 2.04. The van der Waals surface area contributed by atoms with Gasteiger partial charge in [-0.1, -0.05) is 30.0 Å². The third-order valence-electron chi connectivity index (χ3n) is 2.80. The molecule has 19 heavy (non-hydrogen) atoms. The summed E-state index contributed by atoms with van der Waals surface area (Å²) in [5.74, 6) is -0.0462.